The third-order valence-electron chi connectivity index (χ3n) is 12.9. The van der Waals surface area contributed by atoms with Crippen LogP contribution >= 0.6 is 0 Å². The molecule has 3 aliphatic heterocycles. The Bertz CT molecular complexity index is 919. The van der Waals surface area contributed by atoms with E-state index in [1.165, 1.54) is 19.3 Å². The quantitative estimate of drug-likeness (QED) is 0.347. The second-order valence-corrected chi connectivity index (χ2v) is 20.0. The maximum Gasteiger partial charge on any atom is 0.192 e. The lowest BCUT2D eigenvalue weighted by atomic mass is 9.44. The van der Waals surface area contributed by atoms with Gasteiger partial charge in [0.2, 0.25) is 0 Å². The summed E-state index contributed by atoms with van der Waals surface area (Å²) < 4.78 is 39.9. The minimum atomic E-state index is -2.02. The van der Waals surface area contributed by atoms with Crippen molar-refractivity contribution in [3.05, 3.63) is 0 Å². The summed E-state index contributed by atoms with van der Waals surface area (Å²) in [5.74, 6) is 0.758. The highest BCUT2D eigenvalue weighted by molar-refractivity contribution is 6.74. The van der Waals surface area contributed by atoms with Gasteiger partial charge in [-0.25, -0.2) is 0 Å². The SMILES string of the molecule is CC(C)(C)[Si](C)(C)O[C@@H]1C2C3CCC4(OCCO4)[C@@]3(C)CCC2[C@@]2(C)CCC3(C[C@@]24O[C@@H]14)OCCO3. The van der Waals surface area contributed by atoms with Crippen molar-refractivity contribution in [2.24, 2.45) is 28.6 Å². The second-order valence-electron chi connectivity index (χ2n) is 15.2. The number of epoxide rings is 1. The van der Waals surface area contributed by atoms with Crippen molar-refractivity contribution in [3.8, 4) is 0 Å². The zero-order chi connectivity index (χ0) is 25.4. The molecule has 3 unspecified atom stereocenters. The highest BCUT2D eigenvalue weighted by Crippen LogP contribution is 2.76. The molecule has 7 aliphatic rings. The van der Waals surface area contributed by atoms with Gasteiger partial charge in [-0.15, -0.1) is 0 Å². The van der Waals surface area contributed by atoms with Gasteiger partial charge in [0.15, 0.2) is 19.9 Å². The summed E-state index contributed by atoms with van der Waals surface area (Å²) in [7, 11) is -2.02. The van der Waals surface area contributed by atoms with E-state index in [9.17, 15) is 0 Å². The van der Waals surface area contributed by atoms with E-state index < -0.39 is 19.9 Å². The largest absolute Gasteiger partial charge is 0.411 e. The number of hydrogen-bond acceptors (Lipinski definition) is 6. The Morgan fingerprint density at radius 2 is 1.39 bits per heavy atom. The Hall–Kier alpha value is -0.0231. The summed E-state index contributed by atoms with van der Waals surface area (Å²) in [5, 5.41) is 0.156. The van der Waals surface area contributed by atoms with Crippen molar-refractivity contribution in [1.82, 2.24) is 0 Å². The molecule has 204 valence electrons. The number of ether oxygens (including phenoxy) is 5. The van der Waals surface area contributed by atoms with Crippen molar-refractivity contribution in [2.75, 3.05) is 26.4 Å². The smallest absolute Gasteiger partial charge is 0.192 e. The van der Waals surface area contributed by atoms with Gasteiger partial charge >= 0.3 is 0 Å². The first-order valence-corrected chi connectivity index (χ1v) is 17.6. The maximum absolute atomic E-state index is 7.46. The molecule has 3 spiro atoms. The maximum atomic E-state index is 7.46. The lowest BCUT2D eigenvalue weighted by Crippen LogP contribution is -2.67. The molecule has 0 amide bonds. The van der Waals surface area contributed by atoms with E-state index in [-0.39, 0.29) is 33.7 Å². The molecule has 4 saturated carbocycles. The Balaban J connectivity index is 1.30. The lowest BCUT2D eigenvalue weighted by Gasteiger charge is -2.62. The van der Waals surface area contributed by atoms with Crippen molar-refractivity contribution < 1.29 is 28.1 Å². The van der Waals surface area contributed by atoms with E-state index in [1.54, 1.807) is 0 Å². The third-order valence-corrected chi connectivity index (χ3v) is 17.4. The number of fused-ring (bicyclic) bond motifs is 5. The molecule has 0 aromatic carbocycles. The van der Waals surface area contributed by atoms with Crippen LogP contribution in [0.3, 0.4) is 0 Å². The predicted molar refractivity (Wildman–Crippen MR) is 138 cm³/mol. The zero-order valence-electron chi connectivity index (χ0n) is 23.6. The molecule has 7 rings (SSSR count). The summed E-state index contributed by atoms with van der Waals surface area (Å²) in [6.45, 7) is 19.8. The van der Waals surface area contributed by atoms with E-state index in [1.807, 2.05) is 0 Å². The average molecular weight is 521 g/mol. The van der Waals surface area contributed by atoms with Crippen LogP contribution in [-0.4, -0.2) is 64.1 Å². The molecular weight excluding hydrogens is 472 g/mol. The van der Waals surface area contributed by atoms with Crippen LogP contribution in [0.2, 0.25) is 18.1 Å². The molecule has 0 aromatic heterocycles. The van der Waals surface area contributed by atoms with E-state index in [4.69, 9.17) is 28.1 Å². The van der Waals surface area contributed by atoms with Gasteiger partial charge in [0.25, 0.3) is 0 Å². The van der Waals surface area contributed by atoms with E-state index in [0.717, 1.165) is 38.9 Å². The minimum Gasteiger partial charge on any atom is -0.411 e. The van der Waals surface area contributed by atoms with E-state index in [0.29, 0.717) is 31.0 Å². The summed E-state index contributed by atoms with van der Waals surface area (Å²) in [6.07, 6.45) is 7.76. The summed E-state index contributed by atoms with van der Waals surface area (Å²) in [5.41, 5.74) is -0.0165. The highest BCUT2D eigenvalue weighted by Gasteiger charge is 2.82. The monoisotopic (exact) mass is 520 g/mol. The third kappa shape index (κ3) is 2.95. The molecule has 0 N–H and O–H groups in total. The van der Waals surface area contributed by atoms with Crippen LogP contribution in [0.15, 0.2) is 0 Å². The molecule has 7 fully saturated rings. The summed E-state index contributed by atoms with van der Waals surface area (Å²) >= 11 is 0. The molecule has 0 bridgehead atoms. The van der Waals surface area contributed by atoms with Gasteiger partial charge in [0, 0.05) is 30.1 Å². The van der Waals surface area contributed by atoms with Crippen LogP contribution in [-0.2, 0) is 28.1 Å². The predicted octanol–water partition coefficient (Wildman–Crippen LogP) is 5.65. The Morgan fingerprint density at radius 1 is 0.778 bits per heavy atom. The normalized spacial score (nSPS) is 50.6. The molecule has 0 radical (unpaired) electrons. The molecule has 8 atom stereocenters. The fraction of sp³-hybridized carbons (Fsp3) is 1.00. The Kier molecular flexibility index (Phi) is 5.12. The average Bonchev–Trinajstić information content (AvgIpc) is 3.13. The Morgan fingerprint density at radius 3 is 2.06 bits per heavy atom. The fourth-order valence-electron chi connectivity index (χ4n) is 9.86. The first-order valence-electron chi connectivity index (χ1n) is 14.7. The van der Waals surface area contributed by atoms with Gasteiger partial charge in [-0.3, -0.25) is 0 Å². The van der Waals surface area contributed by atoms with E-state index in [2.05, 4.69) is 47.7 Å². The zero-order valence-corrected chi connectivity index (χ0v) is 24.6. The van der Waals surface area contributed by atoms with Crippen molar-refractivity contribution >= 4 is 8.32 Å². The Labute approximate surface area is 218 Å². The standard InChI is InChI=1S/C29H48O6Si/c1-24(2,3)36(6,7)35-22-21-19(8-10-26(5)20(21)9-11-29(26)32-16-17-33-29)25(4)12-13-27(30-14-15-31-27)18-28(25)23(22)34-28/h19-23H,8-18H2,1-7H3/t19?,20?,21?,22-,23+,25-,26+,28+/m1/s1. The number of hydrogen-bond donors (Lipinski definition) is 0. The lowest BCUT2D eigenvalue weighted by molar-refractivity contribution is -0.260. The first kappa shape index (κ1) is 25.0. The van der Waals surface area contributed by atoms with Crippen LogP contribution in [0.4, 0.5) is 0 Å². The second kappa shape index (κ2) is 7.38. The highest BCUT2D eigenvalue weighted by atomic mass is 28.4. The van der Waals surface area contributed by atoms with Gasteiger partial charge in [0.1, 0.15) is 11.7 Å². The van der Waals surface area contributed by atoms with Crippen LogP contribution in [0.25, 0.3) is 0 Å². The first-order chi connectivity index (χ1) is 16.8. The molecule has 7 heteroatoms. The van der Waals surface area contributed by atoms with E-state index >= 15 is 0 Å². The van der Waals surface area contributed by atoms with Gasteiger partial charge < -0.3 is 28.1 Å². The topological polar surface area (TPSA) is 58.7 Å². The number of rotatable bonds is 2. The van der Waals surface area contributed by atoms with Gasteiger partial charge in [-0.2, -0.15) is 0 Å². The van der Waals surface area contributed by atoms with Crippen LogP contribution in [0, 0.1) is 28.6 Å². The molecular formula is C29H48O6Si. The van der Waals surface area contributed by atoms with Gasteiger partial charge in [0.05, 0.1) is 32.5 Å². The summed E-state index contributed by atoms with van der Waals surface area (Å²) in [6, 6.07) is 0. The van der Waals surface area contributed by atoms with Crippen molar-refractivity contribution in [2.45, 2.75) is 127 Å². The van der Waals surface area contributed by atoms with Crippen LogP contribution < -0.4 is 0 Å². The fourth-order valence-corrected chi connectivity index (χ4v) is 11.2. The molecule has 6 nitrogen and oxygen atoms in total. The van der Waals surface area contributed by atoms with Crippen molar-refractivity contribution in [3.63, 3.8) is 0 Å². The van der Waals surface area contributed by atoms with Crippen LogP contribution in [0.1, 0.15) is 79.6 Å². The molecule has 0 aromatic rings. The van der Waals surface area contributed by atoms with Crippen LogP contribution in [0.5, 0.6) is 0 Å². The van der Waals surface area contributed by atoms with Crippen molar-refractivity contribution in [1.29, 1.82) is 0 Å². The van der Waals surface area contributed by atoms with Gasteiger partial charge in [-0.1, -0.05) is 34.6 Å². The molecule has 3 heterocycles. The molecule has 4 aliphatic carbocycles. The van der Waals surface area contributed by atoms with Gasteiger partial charge in [-0.05, 0) is 61.6 Å². The minimum absolute atomic E-state index is 0.0402. The molecule has 3 saturated heterocycles. The molecule has 36 heavy (non-hydrogen) atoms. The summed E-state index contributed by atoms with van der Waals surface area (Å²) in [4.78, 5) is 0.